The summed E-state index contributed by atoms with van der Waals surface area (Å²) in [4.78, 5) is 13.6. The summed E-state index contributed by atoms with van der Waals surface area (Å²) < 4.78 is 0. The SMILES string of the molecule is N[C@H](C=O)Cc1c[nH]c2ccc(Cl)c(Cl)c12. The Balaban J connectivity index is 2.54. The first-order chi connectivity index (χ1) is 7.63. The van der Waals surface area contributed by atoms with Gasteiger partial charge >= 0.3 is 0 Å². The highest BCUT2D eigenvalue weighted by Gasteiger charge is 2.12. The van der Waals surface area contributed by atoms with Crippen molar-refractivity contribution in [2.24, 2.45) is 5.73 Å². The normalized spacial score (nSPS) is 12.9. The van der Waals surface area contributed by atoms with Crippen LogP contribution in [0.25, 0.3) is 10.9 Å². The van der Waals surface area contributed by atoms with E-state index >= 15 is 0 Å². The zero-order valence-electron chi connectivity index (χ0n) is 8.34. The van der Waals surface area contributed by atoms with Crippen molar-refractivity contribution in [3.63, 3.8) is 0 Å². The summed E-state index contributed by atoms with van der Waals surface area (Å²) in [7, 11) is 0. The molecule has 1 atom stereocenters. The van der Waals surface area contributed by atoms with Crippen LogP contribution in [0.5, 0.6) is 0 Å². The summed E-state index contributed by atoms with van der Waals surface area (Å²) in [6.45, 7) is 0. The van der Waals surface area contributed by atoms with E-state index in [1.807, 2.05) is 6.07 Å². The molecular formula is C11H10Cl2N2O. The number of rotatable bonds is 3. The number of H-pyrrole nitrogens is 1. The van der Waals surface area contributed by atoms with Gasteiger partial charge in [0, 0.05) is 17.1 Å². The van der Waals surface area contributed by atoms with E-state index in [-0.39, 0.29) is 0 Å². The van der Waals surface area contributed by atoms with Crippen molar-refractivity contribution in [1.82, 2.24) is 4.98 Å². The Labute approximate surface area is 103 Å². The maximum absolute atomic E-state index is 10.5. The summed E-state index contributed by atoms with van der Waals surface area (Å²) in [5, 5.41) is 1.83. The largest absolute Gasteiger partial charge is 0.361 e. The molecule has 1 aromatic carbocycles. The first-order valence-electron chi connectivity index (χ1n) is 4.78. The maximum atomic E-state index is 10.5. The first kappa shape index (κ1) is 11.5. The van der Waals surface area contributed by atoms with Crippen molar-refractivity contribution in [3.05, 3.63) is 33.9 Å². The molecule has 0 aliphatic carbocycles. The van der Waals surface area contributed by atoms with Gasteiger partial charge in [-0.2, -0.15) is 0 Å². The second-order valence-corrected chi connectivity index (χ2v) is 4.39. The minimum Gasteiger partial charge on any atom is -0.361 e. The third-order valence-electron chi connectivity index (χ3n) is 2.45. The molecule has 3 nitrogen and oxygen atoms in total. The summed E-state index contributed by atoms with van der Waals surface area (Å²) in [5.41, 5.74) is 7.38. The molecular weight excluding hydrogens is 247 g/mol. The monoisotopic (exact) mass is 256 g/mol. The zero-order chi connectivity index (χ0) is 11.7. The molecule has 5 heteroatoms. The summed E-state index contributed by atoms with van der Waals surface area (Å²) in [6.07, 6.45) is 2.97. The third-order valence-corrected chi connectivity index (χ3v) is 3.25. The van der Waals surface area contributed by atoms with Gasteiger partial charge in [-0.05, 0) is 24.1 Å². The first-order valence-corrected chi connectivity index (χ1v) is 5.54. The number of carbonyl (C=O) groups is 1. The second-order valence-electron chi connectivity index (χ2n) is 3.60. The average Bonchev–Trinajstić information content (AvgIpc) is 2.67. The predicted molar refractivity (Wildman–Crippen MR) is 66.1 cm³/mol. The molecule has 2 rings (SSSR count). The van der Waals surface area contributed by atoms with Gasteiger partial charge in [-0.1, -0.05) is 23.2 Å². The van der Waals surface area contributed by atoms with Crippen molar-refractivity contribution in [1.29, 1.82) is 0 Å². The van der Waals surface area contributed by atoms with E-state index < -0.39 is 6.04 Å². The van der Waals surface area contributed by atoms with E-state index in [4.69, 9.17) is 28.9 Å². The Kier molecular flexibility index (Phi) is 3.19. The summed E-state index contributed by atoms with van der Waals surface area (Å²) in [5.74, 6) is 0. The molecule has 2 aromatic rings. The fraction of sp³-hybridized carbons (Fsp3) is 0.182. The van der Waals surface area contributed by atoms with E-state index in [2.05, 4.69) is 4.98 Å². The second kappa shape index (κ2) is 4.45. The molecule has 0 saturated carbocycles. The van der Waals surface area contributed by atoms with Crippen LogP contribution in [-0.4, -0.2) is 17.3 Å². The topological polar surface area (TPSA) is 58.9 Å². The van der Waals surface area contributed by atoms with Crippen molar-refractivity contribution in [2.75, 3.05) is 0 Å². The molecule has 16 heavy (non-hydrogen) atoms. The molecule has 0 amide bonds. The van der Waals surface area contributed by atoms with Crippen LogP contribution in [0.15, 0.2) is 18.3 Å². The Morgan fingerprint density at radius 1 is 1.44 bits per heavy atom. The van der Waals surface area contributed by atoms with Crippen LogP contribution in [0.2, 0.25) is 10.0 Å². The molecule has 0 spiro atoms. The number of hydrogen-bond acceptors (Lipinski definition) is 2. The Morgan fingerprint density at radius 2 is 2.19 bits per heavy atom. The molecule has 3 N–H and O–H groups in total. The van der Waals surface area contributed by atoms with Crippen molar-refractivity contribution >= 4 is 40.4 Å². The fourth-order valence-electron chi connectivity index (χ4n) is 1.68. The van der Waals surface area contributed by atoms with Crippen molar-refractivity contribution in [3.8, 4) is 0 Å². The molecule has 84 valence electrons. The lowest BCUT2D eigenvalue weighted by atomic mass is 10.1. The average molecular weight is 257 g/mol. The third kappa shape index (κ3) is 1.94. The van der Waals surface area contributed by atoms with Gasteiger partial charge in [0.1, 0.15) is 6.29 Å². The minimum atomic E-state index is -0.519. The van der Waals surface area contributed by atoms with E-state index in [1.54, 1.807) is 12.3 Å². The number of benzene rings is 1. The lowest BCUT2D eigenvalue weighted by molar-refractivity contribution is -0.108. The molecule has 0 fully saturated rings. The highest BCUT2D eigenvalue weighted by Crippen LogP contribution is 2.33. The Hall–Kier alpha value is -1.03. The molecule has 0 bridgehead atoms. The van der Waals surface area contributed by atoms with Crippen LogP contribution >= 0.6 is 23.2 Å². The van der Waals surface area contributed by atoms with Gasteiger partial charge < -0.3 is 15.5 Å². The molecule has 0 radical (unpaired) electrons. The van der Waals surface area contributed by atoms with Crippen LogP contribution in [-0.2, 0) is 11.2 Å². The number of halogens is 2. The number of fused-ring (bicyclic) bond motifs is 1. The van der Waals surface area contributed by atoms with Gasteiger partial charge in [0.15, 0.2) is 0 Å². The van der Waals surface area contributed by atoms with Crippen LogP contribution in [0, 0.1) is 0 Å². The number of hydrogen-bond donors (Lipinski definition) is 2. The smallest absolute Gasteiger partial charge is 0.137 e. The van der Waals surface area contributed by atoms with Crippen LogP contribution in [0.3, 0.4) is 0 Å². The van der Waals surface area contributed by atoms with Crippen LogP contribution < -0.4 is 5.73 Å². The van der Waals surface area contributed by atoms with E-state index in [9.17, 15) is 4.79 Å². The highest BCUT2D eigenvalue weighted by molar-refractivity contribution is 6.45. The van der Waals surface area contributed by atoms with Crippen LogP contribution in [0.1, 0.15) is 5.56 Å². The Morgan fingerprint density at radius 3 is 2.88 bits per heavy atom. The van der Waals surface area contributed by atoms with Gasteiger partial charge in [-0.15, -0.1) is 0 Å². The summed E-state index contributed by atoms with van der Waals surface area (Å²) >= 11 is 12.1. The lowest BCUT2D eigenvalue weighted by Crippen LogP contribution is -2.23. The van der Waals surface area contributed by atoms with Crippen LogP contribution in [0.4, 0.5) is 0 Å². The summed E-state index contributed by atoms with van der Waals surface area (Å²) in [6, 6.07) is 3.06. The number of nitrogens with two attached hydrogens (primary N) is 1. The van der Waals surface area contributed by atoms with E-state index in [0.717, 1.165) is 22.8 Å². The number of aromatic nitrogens is 1. The molecule has 0 aliphatic rings. The minimum absolute atomic E-state index is 0.448. The molecule has 1 heterocycles. The molecule has 0 unspecified atom stereocenters. The van der Waals surface area contributed by atoms with E-state index in [0.29, 0.717) is 16.5 Å². The molecule has 0 aliphatic heterocycles. The Bertz CT molecular complexity index is 536. The fourth-order valence-corrected chi connectivity index (χ4v) is 2.13. The van der Waals surface area contributed by atoms with Gasteiger partial charge in [-0.25, -0.2) is 0 Å². The highest BCUT2D eigenvalue weighted by atomic mass is 35.5. The lowest BCUT2D eigenvalue weighted by Gasteiger charge is -2.04. The number of aldehydes is 1. The van der Waals surface area contributed by atoms with Crippen molar-refractivity contribution < 1.29 is 4.79 Å². The predicted octanol–water partition coefficient (Wildman–Crippen LogP) is 2.54. The molecule has 0 saturated heterocycles. The van der Waals surface area contributed by atoms with E-state index in [1.165, 1.54) is 0 Å². The zero-order valence-corrected chi connectivity index (χ0v) is 9.85. The van der Waals surface area contributed by atoms with Crippen molar-refractivity contribution in [2.45, 2.75) is 12.5 Å². The standard InChI is InChI=1S/C11H10Cl2N2O/c12-8-1-2-9-10(11(8)13)6(4-15-9)3-7(14)5-16/h1-2,4-5,7,15H,3,14H2/t7-/m0/s1. The number of aromatic amines is 1. The molecule has 1 aromatic heterocycles. The number of nitrogens with one attached hydrogen (secondary N) is 1. The van der Waals surface area contributed by atoms with Gasteiger partial charge in [0.05, 0.1) is 16.1 Å². The van der Waals surface area contributed by atoms with Gasteiger partial charge in [0.25, 0.3) is 0 Å². The van der Waals surface area contributed by atoms with Gasteiger partial charge in [-0.3, -0.25) is 0 Å². The maximum Gasteiger partial charge on any atom is 0.137 e. The number of carbonyl (C=O) groups excluding carboxylic acids is 1. The van der Waals surface area contributed by atoms with Gasteiger partial charge in [0.2, 0.25) is 0 Å². The quantitative estimate of drug-likeness (QED) is 0.830.